The van der Waals surface area contributed by atoms with E-state index in [9.17, 15) is 0 Å². The van der Waals surface area contributed by atoms with Gasteiger partial charge in [0.15, 0.2) is 0 Å². The average molecular weight is 235 g/mol. The molecule has 2 rings (SSSR count). The minimum absolute atomic E-state index is 0.937. The molecule has 16 heavy (non-hydrogen) atoms. The second-order valence-corrected chi connectivity index (χ2v) is 4.94. The van der Waals surface area contributed by atoms with Crippen LogP contribution in [0.25, 0.3) is 5.57 Å². The van der Waals surface area contributed by atoms with Gasteiger partial charge in [0, 0.05) is 5.02 Å². The summed E-state index contributed by atoms with van der Waals surface area (Å²) < 4.78 is 0. The summed E-state index contributed by atoms with van der Waals surface area (Å²) in [4.78, 5) is 0. The monoisotopic (exact) mass is 234 g/mol. The van der Waals surface area contributed by atoms with Crippen molar-refractivity contribution in [2.75, 3.05) is 0 Å². The van der Waals surface area contributed by atoms with Gasteiger partial charge in [-0.15, -0.1) is 0 Å². The van der Waals surface area contributed by atoms with E-state index in [-0.39, 0.29) is 0 Å². The normalized spacial score (nSPS) is 14.4. The molecule has 1 aromatic carbocycles. The molecule has 0 heterocycles. The summed E-state index contributed by atoms with van der Waals surface area (Å²) in [5, 5.41) is 0.937. The van der Waals surface area contributed by atoms with Crippen molar-refractivity contribution in [3.8, 4) is 0 Å². The molecule has 0 unspecified atom stereocenters. The smallest absolute Gasteiger partial charge is 0.0484 e. The molecular weight excluding hydrogens is 216 g/mol. The van der Waals surface area contributed by atoms with Crippen LogP contribution in [-0.4, -0.2) is 0 Å². The van der Waals surface area contributed by atoms with Gasteiger partial charge in [0.25, 0.3) is 0 Å². The van der Waals surface area contributed by atoms with Crippen molar-refractivity contribution in [2.24, 2.45) is 0 Å². The highest BCUT2D eigenvalue weighted by Crippen LogP contribution is 2.41. The number of hydrogen-bond acceptors (Lipinski definition) is 0. The molecule has 0 nitrogen and oxygen atoms in total. The highest BCUT2D eigenvalue weighted by molar-refractivity contribution is 6.32. The lowest BCUT2D eigenvalue weighted by Gasteiger charge is -2.08. The Kier molecular flexibility index (Phi) is 3.70. The maximum Gasteiger partial charge on any atom is 0.0484 e. The van der Waals surface area contributed by atoms with Crippen molar-refractivity contribution < 1.29 is 0 Å². The molecule has 1 aliphatic carbocycles. The summed E-state index contributed by atoms with van der Waals surface area (Å²) in [7, 11) is 0. The van der Waals surface area contributed by atoms with Gasteiger partial charge in [-0.1, -0.05) is 56.0 Å². The standard InChI is InChI=1S/C15H19Cl/c1-3-6-11-10-12-8-5-9-14(16)15(12)13(11)7-4-2/h5,8-9H,3-4,6-7,10H2,1-2H3. The first-order chi connectivity index (χ1) is 7.77. The van der Waals surface area contributed by atoms with Gasteiger partial charge in [-0.25, -0.2) is 0 Å². The van der Waals surface area contributed by atoms with Crippen LogP contribution in [0, 0.1) is 0 Å². The topological polar surface area (TPSA) is 0 Å². The zero-order chi connectivity index (χ0) is 11.5. The van der Waals surface area contributed by atoms with Gasteiger partial charge >= 0.3 is 0 Å². The first kappa shape index (κ1) is 11.7. The van der Waals surface area contributed by atoms with Crippen LogP contribution < -0.4 is 0 Å². The molecule has 0 radical (unpaired) electrons. The maximum absolute atomic E-state index is 6.33. The van der Waals surface area contributed by atoms with E-state index in [0.717, 1.165) is 11.4 Å². The Morgan fingerprint density at radius 2 is 1.88 bits per heavy atom. The molecule has 0 bridgehead atoms. The van der Waals surface area contributed by atoms with Crippen molar-refractivity contribution in [1.82, 2.24) is 0 Å². The van der Waals surface area contributed by atoms with Gasteiger partial charge < -0.3 is 0 Å². The molecule has 0 saturated heterocycles. The summed E-state index contributed by atoms with van der Waals surface area (Å²) in [6.45, 7) is 4.49. The molecular formula is C15H19Cl. The lowest BCUT2D eigenvalue weighted by molar-refractivity contribution is 0.871. The van der Waals surface area contributed by atoms with Crippen LogP contribution in [0.4, 0.5) is 0 Å². The fourth-order valence-electron chi connectivity index (χ4n) is 2.66. The largest absolute Gasteiger partial charge is 0.0837 e. The third kappa shape index (κ3) is 2.04. The zero-order valence-corrected chi connectivity index (χ0v) is 10.9. The van der Waals surface area contributed by atoms with Gasteiger partial charge in [-0.3, -0.25) is 0 Å². The fourth-order valence-corrected chi connectivity index (χ4v) is 2.97. The fraction of sp³-hybridized carbons (Fsp3) is 0.467. The molecule has 0 fully saturated rings. The van der Waals surface area contributed by atoms with E-state index < -0.39 is 0 Å². The van der Waals surface area contributed by atoms with E-state index in [0.29, 0.717) is 0 Å². The molecule has 1 aromatic rings. The number of halogens is 1. The van der Waals surface area contributed by atoms with Crippen molar-refractivity contribution in [3.63, 3.8) is 0 Å². The maximum atomic E-state index is 6.33. The Morgan fingerprint density at radius 3 is 2.56 bits per heavy atom. The number of allylic oxidation sites excluding steroid dienone is 2. The van der Waals surface area contributed by atoms with Crippen LogP contribution in [0.2, 0.25) is 5.02 Å². The summed E-state index contributed by atoms with van der Waals surface area (Å²) in [5.41, 5.74) is 5.92. The van der Waals surface area contributed by atoms with Gasteiger partial charge in [0.2, 0.25) is 0 Å². The molecule has 0 aliphatic heterocycles. The van der Waals surface area contributed by atoms with E-state index in [2.05, 4.69) is 26.0 Å². The van der Waals surface area contributed by atoms with Crippen LogP contribution in [-0.2, 0) is 6.42 Å². The van der Waals surface area contributed by atoms with Crippen molar-refractivity contribution in [1.29, 1.82) is 0 Å². The highest BCUT2D eigenvalue weighted by atomic mass is 35.5. The third-order valence-electron chi connectivity index (χ3n) is 3.28. The second-order valence-electron chi connectivity index (χ2n) is 4.53. The zero-order valence-electron chi connectivity index (χ0n) is 10.1. The molecule has 1 aliphatic rings. The summed E-state index contributed by atoms with van der Waals surface area (Å²) in [6, 6.07) is 6.31. The summed E-state index contributed by atoms with van der Waals surface area (Å²) in [5.74, 6) is 0. The number of hydrogen-bond donors (Lipinski definition) is 0. The van der Waals surface area contributed by atoms with Crippen LogP contribution in [0.15, 0.2) is 23.8 Å². The molecule has 0 N–H and O–H groups in total. The van der Waals surface area contributed by atoms with E-state index in [1.165, 1.54) is 42.4 Å². The van der Waals surface area contributed by atoms with Crippen LogP contribution in [0.5, 0.6) is 0 Å². The first-order valence-corrected chi connectivity index (χ1v) is 6.64. The van der Waals surface area contributed by atoms with Gasteiger partial charge in [0.1, 0.15) is 0 Å². The van der Waals surface area contributed by atoms with E-state index in [4.69, 9.17) is 11.6 Å². The average Bonchev–Trinajstić information content (AvgIpc) is 2.59. The Balaban J connectivity index is 2.43. The molecule has 86 valence electrons. The van der Waals surface area contributed by atoms with E-state index in [1.54, 1.807) is 5.57 Å². The number of rotatable bonds is 4. The molecule has 0 aromatic heterocycles. The van der Waals surface area contributed by atoms with Crippen LogP contribution in [0.1, 0.15) is 50.7 Å². The Bertz CT molecular complexity index is 415. The number of fused-ring (bicyclic) bond motifs is 1. The molecule has 0 saturated carbocycles. The highest BCUT2D eigenvalue weighted by Gasteiger charge is 2.22. The third-order valence-corrected chi connectivity index (χ3v) is 3.60. The molecule has 1 heteroatoms. The predicted octanol–water partition coefficient (Wildman–Crippen LogP) is 5.25. The van der Waals surface area contributed by atoms with Crippen molar-refractivity contribution in [2.45, 2.75) is 46.0 Å². The van der Waals surface area contributed by atoms with Crippen molar-refractivity contribution in [3.05, 3.63) is 39.9 Å². The molecule has 0 atom stereocenters. The first-order valence-electron chi connectivity index (χ1n) is 6.26. The number of benzene rings is 1. The second kappa shape index (κ2) is 5.05. The Hall–Kier alpha value is -0.750. The quantitative estimate of drug-likeness (QED) is 0.668. The van der Waals surface area contributed by atoms with Crippen LogP contribution >= 0.6 is 11.6 Å². The SMILES string of the molecule is CCCC1=C(CCC)c2c(Cl)cccc2C1. The lowest BCUT2D eigenvalue weighted by atomic mass is 9.99. The minimum atomic E-state index is 0.937. The van der Waals surface area contributed by atoms with Crippen LogP contribution in [0.3, 0.4) is 0 Å². The summed E-state index contributed by atoms with van der Waals surface area (Å²) in [6.07, 6.45) is 5.95. The Morgan fingerprint density at radius 1 is 1.12 bits per heavy atom. The molecule has 0 spiro atoms. The van der Waals surface area contributed by atoms with Gasteiger partial charge in [-0.2, -0.15) is 0 Å². The predicted molar refractivity (Wildman–Crippen MR) is 71.9 cm³/mol. The van der Waals surface area contributed by atoms with Crippen molar-refractivity contribution >= 4 is 17.2 Å². The summed E-state index contributed by atoms with van der Waals surface area (Å²) >= 11 is 6.33. The van der Waals surface area contributed by atoms with Gasteiger partial charge in [0.05, 0.1) is 0 Å². The van der Waals surface area contributed by atoms with E-state index >= 15 is 0 Å². The van der Waals surface area contributed by atoms with E-state index in [1.807, 2.05) is 6.07 Å². The molecule has 0 amide bonds. The lowest BCUT2D eigenvalue weighted by Crippen LogP contribution is -1.86. The Labute approximate surface area is 103 Å². The minimum Gasteiger partial charge on any atom is -0.0837 e. The van der Waals surface area contributed by atoms with Gasteiger partial charge in [-0.05, 0) is 42.0 Å².